The smallest absolute Gasteiger partial charge is 0.113 e. The first-order chi connectivity index (χ1) is 6.45. The Hall–Kier alpha value is -1.90. The van der Waals surface area contributed by atoms with E-state index in [-0.39, 0.29) is 0 Å². The molecular formula is C10H7N3. The fraction of sp³-hybridized carbons (Fsp3) is 0. The summed E-state index contributed by atoms with van der Waals surface area (Å²) < 4.78 is 0. The van der Waals surface area contributed by atoms with Crippen molar-refractivity contribution in [3.8, 4) is 0 Å². The summed E-state index contributed by atoms with van der Waals surface area (Å²) in [5, 5.41) is 13.0. The quantitative estimate of drug-likeness (QED) is 0.560. The van der Waals surface area contributed by atoms with E-state index in [2.05, 4.69) is 33.6 Å². The highest BCUT2D eigenvalue weighted by Crippen LogP contribution is 2.20. The van der Waals surface area contributed by atoms with E-state index in [4.69, 9.17) is 0 Å². The molecule has 1 aromatic heterocycles. The third-order valence-electron chi connectivity index (χ3n) is 2.23. The zero-order valence-electron chi connectivity index (χ0n) is 6.86. The molecule has 0 spiro atoms. The van der Waals surface area contributed by atoms with Gasteiger partial charge in [0, 0.05) is 5.39 Å². The molecule has 0 saturated carbocycles. The maximum Gasteiger partial charge on any atom is 0.113 e. The number of nitrogens with zero attached hydrogens (tertiary/aromatic N) is 2. The fourth-order valence-corrected chi connectivity index (χ4v) is 1.59. The maximum absolute atomic E-state index is 3.96. The van der Waals surface area contributed by atoms with E-state index in [0.29, 0.717) is 0 Å². The predicted octanol–water partition coefficient (Wildman–Crippen LogP) is 2.11. The lowest BCUT2D eigenvalue weighted by molar-refractivity contribution is 0.960. The van der Waals surface area contributed by atoms with Gasteiger partial charge in [0.15, 0.2) is 0 Å². The highest BCUT2D eigenvalue weighted by molar-refractivity contribution is 6.03. The molecule has 0 aliphatic heterocycles. The van der Waals surface area contributed by atoms with Crippen molar-refractivity contribution < 1.29 is 0 Å². The Balaban J connectivity index is 2.65. The third kappa shape index (κ3) is 0.839. The van der Waals surface area contributed by atoms with Crippen molar-refractivity contribution in [2.24, 2.45) is 0 Å². The van der Waals surface area contributed by atoms with Gasteiger partial charge in [-0.3, -0.25) is 5.10 Å². The zero-order chi connectivity index (χ0) is 8.67. The minimum Gasteiger partial charge on any atom is -0.257 e. The second kappa shape index (κ2) is 2.29. The number of nitrogens with one attached hydrogen (secondary N) is 1. The molecule has 0 atom stereocenters. The van der Waals surface area contributed by atoms with E-state index < -0.39 is 0 Å². The summed E-state index contributed by atoms with van der Waals surface area (Å²) in [6.07, 6.45) is 0. The summed E-state index contributed by atoms with van der Waals surface area (Å²) in [4.78, 5) is 0. The zero-order valence-corrected chi connectivity index (χ0v) is 6.86. The number of aromatic nitrogens is 3. The molecule has 0 aliphatic rings. The molecule has 3 aromatic rings. The molecule has 1 heterocycles. The number of hydrogen-bond donors (Lipinski definition) is 1. The molecule has 2 aromatic carbocycles. The second-order valence-electron chi connectivity index (χ2n) is 2.99. The Morgan fingerprint density at radius 2 is 1.92 bits per heavy atom. The van der Waals surface area contributed by atoms with Gasteiger partial charge in [-0.25, -0.2) is 0 Å². The predicted molar refractivity (Wildman–Crippen MR) is 51.4 cm³/mol. The van der Waals surface area contributed by atoms with Crippen molar-refractivity contribution in [1.29, 1.82) is 0 Å². The van der Waals surface area contributed by atoms with Gasteiger partial charge in [0.25, 0.3) is 0 Å². The first-order valence-electron chi connectivity index (χ1n) is 4.14. The van der Waals surface area contributed by atoms with Gasteiger partial charge in [0.05, 0.1) is 5.52 Å². The molecule has 0 amide bonds. The molecule has 1 N–H and O–H groups in total. The van der Waals surface area contributed by atoms with Gasteiger partial charge in [-0.2, -0.15) is 0 Å². The highest BCUT2D eigenvalue weighted by Gasteiger charge is 2.00. The molecule has 0 radical (unpaired) electrons. The molecule has 13 heavy (non-hydrogen) atoms. The second-order valence-corrected chi connectivity index (χ2v) is 2.99. The molecule has 0 saturated heterocycles. The Labute approximate surface area is 74.4 Å². The van der Waals surface area contributed by atoms with Crippen LogP contribution in [0.1, 0.15) is 0 Å². The number of fused-ring (bicyclic) bond motifs is 3. The largest absolute Gasteiger partial charge is 0.257 e. The van der Waals surface area contributed by atoms with Crippen molar-refractivity contribution in [2.45, 2.75) is 0 Å². The van der Waals surface area contributed by atoms with Crippen LogP contribution in [0.15, 0.2) is 36.4 Å². The van der Waals surface area contributed by atoms with Gasteiger partial charge in [-0.1, -0.05) is 35.5 Å². The average Bonchev–Trinajstić information content (AvgIpc) is 2.65. The number of aromatic amines is 1. The van der Waals surface area contributed by atoms with Gasteiger partial charge in [-0.15, -0.1) is 5.10 Å². The van der Waals surface area contributed by atoms with Crippen LogP contribution in [-0.4, -0.2) is 15.4 Å². The fourth-order valence-electron chi connectivity index (χ4n) is 1.59. The highest BCUT2D eigenvalue weighted by atomic mass is 15.3. The molecule has 0 bridgehead atoms. The molecule has 3 nitrogen and oxygen atoms in total. The van der Waals surface area contributed by atoms with E-state index in [1.54, 1.807) is 0 Å². The van der Waals surface area contributed by atoms with Crippen LogP contribution in [0.5, 0.6) is 0 Å². The van der Waals surface area contributed by atoms with Crippen molar-refractivity contribution in [3.05, 3.63) is 36.4 Å². The molecule has 0 aliphatic carbocycles. The summed E-state index contributed by atoms with van der Waals surface area (Å²) in [6, 6.07) is 12.2. The number of rotatable bonds is 0. The van der Waals surface area contributed by atoms with Crippen LogP contribution in [0.4, 0.5) is 0 Å². The van der Waals surface area contributed by atoms with Gasteiger partial charge in [0.1, 0.15) is 5.52 Å². The van der Waals surface area contributed by atoms with Crippen LogP contribution >= 0.6 is 0 Å². The van der Waals surface area contributed by atoms with Crippen LogP contribution in [0.2, 0.25) is 0 Å². The Morgan fingerprint density at radius 1 is 1.00 bits per heavy atom. The summed E-state index contributed by atoms with van der Waals surface area (Å²) in [6.45, 7) is 0. The van der Waals surface area contributed by atoms with Crippen LogP contribution in [0.3, 0.4) is 0 Å². The van der Waals surface area contributed by atoms with E-state index in [0.717, 1.165) is 11.0 Å². The van der Waals surface area contributed by atoms with Gasteiger partial charge < -0.3 is 0 Å². The van der Waals surface area contributed by atoms with Crippen LogP contribution in [0, 0.1) is 0 Å². The normalized spacial score (nSPS) is 11.1. The summed E-state index contributed by atoms with van der Waals surface area (Å²) in [7, 11) is 0. The Bertz CT molecular complexity index is 568. The Morgan fingerprint density at radius 3 is 2.92 bits per heavy atom. The van der Waals surface area contributed by atoms with Gasteiger partial charge >= 0.3 is 0 Å². The first-order valence-corrected chi connectivity index (χ1v) is 4.14. The summed E-state index contributed by atoms with van der Waals surface area (Å²) in [5.74, 6) is 0. The van der Waals surface area contributed by atoms with Crippen LogP contribution < -0.4 is 0 Å². The molecule has 0 unspecified atom stereocenters. The van der Waals surface area contributed by atoms with Crippen molar-refractivity contribution >= 4 is 21.8 Å². The van der Waals surface area contributed by atoms with Crippen molar-refractivity contribution in [2.75, 3.05) is 0 Å². The summed E-state index contributed by atoms with van der Waals surface area (Å²) in [5.41, 5.74) is 1.93. The van der Waals surface area contributed by atoms with E-state index in [1.165, 1.54) is 10.8 Å². The number of benzene rings is 2. The van der Waals surface area contributed by atoms with Gasteiger partial charge in [-0.05, 0) is 11.5 Å². The molecule has 3 heteroatoms. The number of hydrogen-bond acceptors (Lipinski definition) is 2. The Kier molecular flexibility index (Phi) is 1.16. The maximum atomic E-state index is 3.96. The average molecular weight is 169 g/mol. The SMILES string of the molecule is c1ccc2c(c1)ccc1nn[nH]c12. The molecule has 62 valence electrons. The molecule has 3 rings (SSSR count). The lowest BCUT2D eigenvalue weighted by Crippen LogP contribution is -1.74. The van der Waals surface area contributed by atoms with E-state index in [9.17, 15) is 0 Å². The monoisotopic (exact) mass is 169 g/mol. The third-order valence-corrected chi connectivity index (χ3v) is 2.23. The topological polar surface area (TPSA) is 41.6 Å². The minimum absolute atomic E-state index is 0.915. The van der Waals surface area contributed by atoms with Crippen LogP contribution in [0.25, 0.3) is 21.8 Å². The van der Waals surface area contributed by atoms with E-state index in [1.807, 2.05) is 18.2 Å². The van der Waals surface area contributed by atoms with Gasteiger partial charge in [0.2, 0.25) is 0 Å². The minimum atomic E-state index is 0.915. The lowest BCUT2D eigenvalue weighted by atomic mass is 10.1. The first kappa shape index (κ1) is 6.60. The van der Waals surface area contributed by atoms with Crippen molar-refractivity contribution in [3.63, 3.8) is 0 Å². The molecular weight excluding hydrogens is 162 g/mol. The van der Waals surface area contributed by atoms with E-state index >= 15 is 0 Å². The standard InChI is InChI=1S/C10H7N3/c1-2-4-8-7(3-1)5-6-9-10(8)12-13-11-9/h1-6H,(H,11,12,13). The van der Waals surface area contributed by atoms with Crippen molar-refractivity contribution in [1.82, 2.24) is 15.4 Å². The van der Waals surface area contributed by atoms with Crippen LogP contribution in [-0.2, 0) is 0 Å². The summed E-state index contributed by atoms with van der Waals surface area (Å²) >= 11 is 0. The molecule has 0 fully saturated rings. The lowest BCUT2D eigenvalue weighted by Gasteiger charge is -1.95. The number of H-pyrrole nitrogens is 1.